The number of carbonyl (C=O) groups is 2. The normalized spacial score (nSPS) is 10.4. The molecule has 1 heterocycles. The maximum absolute atomic E-state index is 12.1. The van der Waals surface area contributed by atoms with E-state index >= 15 is 0 Å². The van der Waals surface area contributed by atoms with E-state index in [1.807, 2.05) is 36.4 Å². The van der Waals surface area contributed by atoms with Gasteiger partial charge in [-0.2, -0.15) is 0 Å². The first kappa shape index (κ1) is 21.7. The molecule has 3 rings (SSSR count). The number of carboxylic acids is 1. The summed E-state index contributed by atoms with van der Waals surface area (Å²) in [6, 6.07) is 16.1. The lowest BCUT2D eigenvalue weighted by Gasteiger charge is -2.11. The Kier molecular flexibility index (Phi) is 7.13. The summed E-state index contributed by atoms with van der Waals surface area (Å²) in [5.74, 6) is 0.379. The molecule has 0 aliphatic heterocycles. The summed E-state index contributed by atoms with van der Waals surface area (Å²) in [6.07, 6.45) is 0. The molecule has 3 aromatic rings. The fourth-order valence-corrected chi connectivity index (χ4v) is 2.70. The van der Waals surface area contributed by atoms with Gasteiger partial charge in [0, 0.05) is 17.2 Å². The molecule has 9 nitrogen and oxygen atoms in total. The van der Waals surface area contributed by atoms with E-state index in [9.17, 15) is 9.59 Å². The van der Waals surface area contributed by atoms with Crippen molar-refractivity contribution in [1.29, 1.82) is 0 Å². The molecule has 0 saturated carbocycles. The summed E-state index contributed by atoms with van der Waals surface area (Å²) < 4.78 is 15.2. The molecular weight excluding hydrogens is 402 g/mol. The SMILES string of the molecule is COc1ccc(-c2cc(NC(=O)COCC(=O)O)nc(-c3ccc(OC)cc3)n2)cc1. The Balaban J connectivity index is 1.92. The minimum absolute atomic E-state index is 0.260. The van der Waals surface area contributed by atoms with Crippen LogP contribution in [-0.4, -0.2) is 54.4 Å². The van der Waals surface area contributed by atoms with Gasteiger partial charge in [-0.3, -0.25) is 4.79 Å². The van der Waals surface area contributed by atoms with Crippen LogP contribution in [0.4, 0.5) is 5.82 Å². The summed E-state index contributed by atoms with van der Waals surface area (Å²) in [5.41, 5.74) is 2.12. The van der Waals surface area contributed by atoms with Crippen LogP contribution < -0.4 is 14.8 Å². The standard InChI is InChI=1S/C22H21N3O6/c1-29-16-7-3-14(4-8-16)18-11-19(24-20(26)12-31-13-21(27)28)25-22(23-18)15-5-9-17(30-2)10-6-15/h3-11H,12-13H2,1-2H3,(H,27,28)(H,23,24,25,26). The van der Waals surface area contributed by atoms with Crippen molar-refractivity contribution in [2.75, 3.05) is 32.8 Å². The van der Waals surface area contributed by atoms with E-state index in [1.54, 1.807) is 32.4 Å². The third-order valence-corrected chi connectivity index (χ3v) is 4.19. The molecule has 0 aliphatic rings. The monoisotopic (exact) mass is 423 g/mol. The topological polar surface area (TPSA) is 120 Å². The van der Waals surface area contributed by atoms with Gasteiger partial charge in [0.05, 0.1) is 19.9 Å². The highest BCUT2D eigenvalue weighted by molar-refractivity contribution is 5.91. The second kappa shape index (κ2) is 10.2. The summed E-state index contributed by atoms with van der Waals surface area (Å²) in [5, 5.41) is 11.2. The molecular formula is C22H21N3O6. The first-order valence-corrected chi connectivity index (χ1v) is 9.26. The number of hydrogen-bond donors (Lipinski definition) is 2. The number of nitrogens with one attached hydrogen (secondary N) is 1. The number of carbonyl (C=O) groups excluding carboxylic acids is 1. The van der Waals surface area contributed by atoms with Crippen molar-refractivity contribution in [3.05, 3.63) is 54.6 Å². The minimum atomic E-state index is -1.15. The number of ether oxygens (including phenoxy) is 3. The van der Waals surface area contributed by atoms with E-state index in [1.165, 1.54) is 0 Å². The number of carboxylic acid groups (broad SMARTS) is 1. The number of amides is 1. The Morgan fingerprint density at radius 2 is 1.45 bits per heavy atom. The van der Waals surface area contributed by atoms with Gasteiger partial charge in [0.25, 0.3) is 5.91 Å². The van der Waals surface area contributed by atoms with Crippen LogP contribution in [0.15, 0.2) is 54.6 Å². The zero-order chi connectivity index (χ0) is 22.2. The quantitative estimate of drug-likeness (QED) is 0.539. The maximum atomic E-state index is 12.1. The smallest absolute Gasteiger partial charge is 0.329 e. The average molecular weight is 423 g/mol. The largest absolute Gasteiger partial charge is 0.497 e. The lowest BCUT2D eigenvalue weighted by molar-refractivity contribution is -0.143. The zero-order valence-electron chi connectivity index (χ0n) is 17.0. The van der Waals surface area contributed by atoms with Crippen LogP contribution in [0.25, 0.3) is 22.6 Å². The van der Waals surface area contributed by atoms with Crippen molar-refractivity contribution < 1.29 is 28.9 Å². The van der Waals surface area contributed by atoms with Crippen LogP contribution in [0.1, 0.15) is 0 Å². The van der Waals surface area contributed by atoms with Gasteiger partial charge in [0.1, 0.15) is 30.5 Å². The van der Waals surface area contributed by atoms with Crippen LogP contribution >= 0.6 is 0 Å². The number of anilines is 1. The van der Waals surface area contributed by atoms with Crippen molar-refractivity contribution >= 4 is 17.7 Å². The van der Waals surface area contributed by atoms with Crippen molar-refractivity contribution in [2.24, 2.45) is 0 Å². The van der Waals surface area contributed by atoms with Crippen LogP contribution in [0.3, 0.4) is 0 Å². The molecule has 0 spiro atoms. The van der Waals surface area contributed by atoms with Crippen molar-refractivity contribution in [3.63, 3.8) is 0 Å². The summed E-state index contributed by atoms with van der Waals surface area (Å²) >= 11 is 0. The molecule has 1 aromatic heterocycles. The fourth-order valence-electron chi connectivity index (χ4n) is 2.70. The molecule has 1 amide bonds. The molecule has 0 unspecified atom stereocenters. The van der Waals surface area contributed by atoms with E-state index in [0.29, 0.717) is 23.0 Å². The first-order valence-electron chi connectivity index (χ1n) is 9.26. The Bertz CT molecular complexity index is 986. The van der Waals surface area contributed by atoms with Gasteiger partial charge < -0.3 is 24.6 Å². The second-order valence-electron chi connectivity index (χ2n) is 6.35. The predicted octanol–water partition coefficient (Wildman–Crippen LogP) is 2.87. The van der Waals surface area contributed by atoms with Gasteiger partial charge in [-0.1, -0.05) is 0 Å². The van der Waals surface area contributed by atoms with E-state index in [-0.39, 0.29) is 5.82 Å². The maximum Gasteiger partial charge on any atom is 0.329 e. The number of benzene rings is 2. The van der Waals surface area contributed by atoms with Gasteiger partial charge in [-0.25, -0.2) is 14.8 Å². The Morgan fingerprint density at radius 3 is 2.00 bits per heavy atom. The van der Waals surface area contributed by atoms with E-state index in [2.05, 4.69) is 15.3 Å². The summed E-state index contributed by atoms with van der Waals surface area (Å²) in [6.45, 7) is -0.975. The minimum Gasteiger partial charge on any atom is -0.497 e. The molecule has 160 valence electrons. The highest BCUT2D eigenvalue weighted by Crippen LogP contribution is 2.27. The third kappa shape index (κ3) is 6.00. The van der Waals surface area contributed by atoms with E-state index in [0.717, 1.165) is 11.1 Å². The number of methoxy groups -OCH3 is 2. The van der Waals surface area contributed by atoms with Crippen LogP contribution in [0.2, 0.25) is 0 Å². The molecule has 0 radical (unpaired) electrons. The van der Waals surface area contributed by atoms with Crippen LogP contribution in [0.5, 0.6) is 11.5 Å². The lowest BCUT2D eigenvalue weighted by Crippen LogP contribution is -2.21. The summed E-state index contributed by atoms with van der Waals surface area (Å²) in [4.78, 5) is 31.7. The van der Waals surface area contributed by atoms with Gasteiger partial charge in [0.2, 0.25) is 0 Å². The van der Waals surface area contributed by atoms with Gasteiger partial charge >= 0.3 is 5.97 Å². The number of nitrogens with zero attached hydrogens (tertiary/aromatic N) is 2. The summed E-state index contributed by atoms with van der Waals surface area (Å²) in [7, 11) is 3.16. The number of aromatic nitrogens is 2. The van der Waals surface area contributed by atoms with E-state index < -0.39 is 25.1 Å². The molecule has 0 atom stereocenters. The van der Waals surface area contributed by atoms with Crippen LogP contribution in [-0.2, 0) is 14.3 Å². The molecule has 2 aromatic carbocycles. The molecule has 2 N–H and O–H groups in total. The molecule has 31 heavy (non-hydrogen) atoms. The highest BCUT2D eigenvalue weighted by Gasteiger charge is 2.12. The van der Waals surface area contributed by atoms with Gasteiger partial charge in [-0.15, -0.1) is 0 Å². The number of rotatable bonds is 9. The molecule has 0 saturated heterocycles. The molecule has 0 aliphatic carbocycles. The van der Waals surface area contributed by atoms with Crippen molar-refractivity contribution in [1.82, 2.24) is 9.97 Å². The predicted molar refractivity (Wildman–Crippen MR) is 113 cm³/mol. The van der Waals surface area contributed by atoms with Crippen molar-refractivity contribution in [2.45, 2.75) is 0 Å². The molecule has 9 heteroatoms. The van der Waals surface area contributed by atoms with Gasteiger partial charge in [0.15, 0.2) is 5.82 Å². The molecule has 0 fully saturated rings. The van der Waals surface area contributed by atoms with E-state index in [4.69, 9.17) is 19.3 Å². The number of aliphatic carboxylic acids is 1. The molecule has 0 bridgehead atoms. The number of hydrogen-bond acceptors (Lipinski definition) is 7. The lowest BCUT2D eigenvalue weighted by atomic mass is 10.1. The van der Waals surface area contributed by atoms with Gasteiger partial charge in [-0.05, 0) is 48.5 Å². The second-order valence-corrected chi connectivity index (χ2v) is 6.35. The Morgan fingerprint density at radius 1 is 0.871 bits per heavy atom. The van der Waals surface area contributed by atoms with Crippen molar-refractivity contribution in [3.8, 4) is 34.1 Å². The zero-order valence-corrected chi connectivity index (χ0v) is 17.0. The fraction of sp³-hybridized carbons (Fsp3) is 0.182. The first-order chi connectivity index (χ1) is 15.0. The average Bonchev–Trinajstić information content (AvgIpc) is 2.78. The van der Waals surface area contributed by atoms with Crippen LogP contribution in [0, 0.1) is 0 Å². The highest BCUT2D eigenvalue weighted by atomic mass is 16.5. The Hall–Kier alpha value is -3.98. The third-order valence-electron chi connectivity index (χ3n) is 4.19. The Labute approximate surface area is 178 Å².